The molecule has 1 aromatic rings. The number of benzene rings is 1. The molecule has 1 aliphatic heterocycles. The van der Waals surface area contributed by atoms with Gasteiger partial charge in [-0.15, -0.1) is 0 Å². The van der Waals surface area contributed by atoms with Gasteiger partial charge >= 0.3 is 6.09 Å². The standard InChI is InChI=1S/C14H17NO3/c1-2-13-8-12(15-14(16)18-13)10-17-9-11-6-4-3-5-7-11/h2-7,12-13H,1,8-10H2,(H,15,16). The molecular weight excluding hydrogens is 230 g/mol. The van der Waals surface area contributed by atoms with Crippen LogP contribution < -0.4 is 5.32 Å². The van der Waals surface area contributed by atoms with Crippen LogP contribution in [-0.4, -0.2) is 24.8 Å². The van der Waals surface area contributed by atoms with E-state index in [1.807, 2.05) is 30.3 Å². The van der Waals surface area contributed by atoms with Crippen molar-refractivity contribution in [3.63, 3.8) is 0 Å². The molecule has 0 radical (unpaired) electrons. The van der Waals surface area contributed by atoms with Gasteiger partial charge in [0, 0.05) is 6.42 Å². The first-order chi connectivity index (χ1) is 8.78. The molecule has 2 rings (SSSR count). The molecule has 1 aliphatic rings. The average molecular weight is 247 g/mol. The van der Waals surface area contributed by atoms with Gasteiger partial charge < -0.3 is 14.8 Å². The van der Waals surface area contributed by atoms with E-state index in [2.05, 4.69) is 11.9 Å². The number of hydrogen-bond donors (Lipinski definition) is 1. The third-order valence-corrected chi connectivity index (χ3v) is 2.79. The Morgan fingerprint density at radius 1 is 1.44 bits per heavy atom. The average Bonchev–Trinajstić information content (AvgIpc) is 2.39. The van der Waals surface area contributed by atoms with Crippen molar-refractivity contribution in [2.45, 2.75) is 25.2 Å². The van der Waals surface area contributed by atoms with Crippen molar-refractivity contribution in [3.05, 3.63) is 48.6 Å². The maximum Gasteiger partial charge on any atom is 0.408 e. The molecule has 1 saturated heterocycles. The number of hydrogen-bond acceptors (Lipinski definition) is 3. The Bertz CT molecular complexity index is 405. The van der Waals surface area contributed by atoms with Crippen LogP contribution in [0.1, 0.15) is 12.0 Å². The molecule has 1 fully saturated rings. The maximum atomic E-state index is 11.2. The van der Waals surface area contributed by atoms with Crippen LogP contribution in [0.25, 0.3) is 0 Å². The Kier molecular flexibility index (Phi) is 4.36. The fourth-order valence-electron chi connectivity index (χ4n) is 1.87. The summed E-state index contributed by atoms with van der Waals surface area (Å²) >= 11 is 0. The molecule has 0 bridgehead atoms. The number of carbonyl (C=O) groups is 1. The summed E-state index contributed by atoms with van der Waals surface area (Å²) in [6, 6.07) is 9.92. The topological polar surface area (TPSA) is 47.6 Å². The lowest BCUT2D eigenvalue weighted by atomic mass is 10.1. The van der Waals surface area contributed by atoms with E-state index >= 15 is 0 Å². The maximum absolute atomic E-state index is 11.2. The van der Waals surface area contributed by atoms with E-state index in [0.29, 0.717) is 19.6 Å². The summed E-state index contributed by atoms with van der Waals surface area (Å²) in [5.41, 5.74) is 1.12. The van der Waals surface area contributed by atoms with Gasteiger partial charge in [0.2, 0.25) is 0 Å². The van der Waals surface area contributed by atoms with Crippen molar-refractivity contribution in [2.75, 3.05) is 6.61 Å². The van der Waals surface area contributed by atoms with E-state index in [1.54, 1.807) is 6.08 Å². The minimum absolute atomic E-state index is 0.0158. The fraction of sp³-hybridized carbons (Fsp3) is 0.357. The van der Waals surface area contributed by atoms with Crippen molar-refractivity contribution in [1.82, 2.24) is 5.32 Å². The molecule has 4 nitrogen and oxygen atoms in total. The second kappa shape index (κ2) is 6.21. The van der Waals surface area contributed by atoms with Gasteiger partial charge in [0.25, 0.3) is 0 Å². The highest BCUT2D eigenvalue weighted by atomic mass is 16.6. The second-order valence-electron chi connectivity index (χ2n) is 4.26. The van der Waals surface area contributed by atoms with E-state index in [4.69, 9.17) is 9.47 Å². The molecule has 0 aliphatic carbocycles. The first kappa shape index (κ1) is 12.6. The van der Waals surface area contributed by atoms with Gasteiger partial charge in [0.1, 0.15) is 6.10 Å². The molecular formula is C14H17NO3. The van der Waals surface area contributed by atoms with Gasteiger partial charge in [-0.1, -0.05) is 43.0 Å². The van der Waals surface area contributed by atoms with E-state index in [0.717, 1.165) is 5.56 Å². The summed E-state index contributed by atoms with van der Waals surface area (Å²) in [5.74, 6) is 0. The fourth-order valence-corrected chi connectivity index (χ4v) is 1.87. The third kappa shape index (κ3) is 3.60. The molecule has 0 saturated carbocycles. The van der Waals surface area contributed by atoms with Crippen LogP contribution in [0.4, 0.5) is 4.79 Å². The zero-order valence-corrected chi connectivity index (χ0v) is 10.2. The van der Waals surface area contributed by atoms with Gasteiger partial charge in [-0.25, -0.2) is 4.79 Å². The molecule has 1 heterocycles. The number of amides is 1. The van der Waals surface area contributed by atoms with E-state index in [9.17, 15) is 4.79 Å². The Hall–Kier alpha value is -1.81. The van der Waals surface area contributed by atoms with E-state index in [-0.39, 0.29) is 12.1 Å². The Morgan fingerprint density at radius 3 is 2.94 bits per heavy atom. The molecule has 0 spiro atoms. The minimum Gasteiger partial charge on any atom is -0.442 e. The number of carbonyl (C=O) groups excluding carboxylic acids is 1. The van der Waals surface area contributed by atoms with Crippen molar-refractivity contribution >= 4 is 6.09 Å². The lowest BCUT2D eigenvalue weighted by Crippen LogP contribution is -2.47. The summed E-state index contributed by atoms with van der Waals surface area (Å²) in [5, 5.41) is 2.73. The van der Waals surface area contributed by atoms with Crippen LogP contribution >= 0.6 is 0 Å². The van der Waals surface area contributed by atoms with E-state index < -0.39 is 6.09 Å². The third-order valence-electron chi connectivity index (χ3n) is 2.79. The van der Waals surface area contributed by atoms with Gasteiger partial charge in [-0.05, 0) is 5.56 Å². The highest BCUT2D eigenvalue weighted by molar-refractivity contribution is 5.68. The van der Waals surface area contributed by atoms with Crippen LogP contribution in [0.5, 0.6) is 0 Å². The molecule has 2 atom stereocenters. The summed E-state index contributed by atoms with van der Waals surface area (Å²) in [6.07, 6.45) is 1.72. The zero-order valence-electron chi connectivity index (χ0n) is 10.2. The quantitative estimate of drug-likeness (QED) is 0.812. The number of rotatable bonds is 5. The molecule has 4 heteroatoms. The molecule has 0 aromatic heterocycles. The van der Waals surface area contributed by atoms with Crippen molar-refractivity contribution < 1.29 is 14.3 Å². The number of cyclic esters (lactones) is 1. The lowest BCUT2D eigenvalue weighted by Gasteiger charge is -2.28. The first-order valence-electron chi connectivity index (χ1n) is 5.99. The van der Waals surface area contributed by atoms with Gasteiger partial charge in [-0.2, -0.15) is 0 Å². The van der Waals surface area contributed by atoms with Crippen LogP contribution in [0.2, 0.25) is 0 Å². The molecule has 2 unspecified atom stereocenters. The Labute approximate surface area is 107 Å². The summed E-state index contributed by atoms with van der Waals surface area (Å²) < 4.78 is 10.6. The SMILES string of the molecule is C=CC1CC(COCc2ccccc2)NC(=O)O1. The van der Waals surface area contributed by atoms with E-state index in [1.165, 1.54) is 0 Å². The summed E-state index contributed by atoms with van der Waals surface area (Å²) in [7, 11) is 0. The predicted molar refractivity (Wildman–Crippen MR) is 68.1 cm³/mol. The smallest absolute Gasteiger partial charge is 0.408 e. The van der Waals surface area contributed by atoms with Crippen LogP contribution in [0.15, 0.2) is 43.0 Å². The highest BCUT2D eigenvalue weighted by Crippen LogP contribution is 2.12. The normalized spacial score (nSPS) is 23.0. The first-order valence-corrected chi connectivity index (χ1v) is 5.99. The highest BCUT2D eigenvalue weighted by Gasteiger charge is 2.25. The minimum atomic E-state index is -0.403. The van der Waals surface area contributed by atoms with Crippen molar-refractivity contribution in [2.24, 2.45) is 0 Å². The second-order valence-corrected chi connectivity index (χ2v) is 4.26. The number of nitrogens with one attached hydrogen (secondary N) is 1. The van der Waals surface area contributed by atoms with Crippen LogP contribution in [0, 0.1) is 0 Å². The van der Waals surface area contributed by atoms with Gasteiger partial charge in [-0.3, -0.25) is 0 Å². The van der Waals surface area contributed by atoms with Crippen molar-refractivity contribution in [1.29, 1.82) is 0 Å². The zero-order chi connectivity index (χ0) is 12.8. The van der Waals surface area contributed by atoms with Crippen LogP contribution in [-0.2, 0) is 16.1 Å². The largest absolute Gasteiger partial charge is 0.442 e. The Morgan fingerprint density at radius 2 is 2.22 bits per heavy atom. The summed E-state index contributed by atoms with van der Waals surface area (Å²) in [4.78, 5) is 11.2. The van der Waals surface area contributed by atoms with Crippen molar-refractivity contribution in [3.8, 4) is 0 Å². The summed E-state index contributed by atoms with van der Waals surface area (Å²) in [6.45, 7) is 4.66. The molecule has 1 N–H and O–H groups in total. The predicted octanol–water partition coefficient (Wildman–Crippen LogP) is 2.26. The lowest BCUT2D eigenvalue weighted by molar-refractivity contribution is 0.0434. The molecule has 1 aromatic carbocycles. The molecule has 96 valence electrons. The van der Waals surface area contributed by atoms with Gasteiger partial charge in [0.15, 0.2) is 0 Å². The monoisotopic (exact) mass is 247 g/mol. The molecule has 1 amide bonds. The molecule has 18 heavy (non-hydrogen) atoms. The number of ether oxygens (including phenoxy) is 2. The van der Waals surface area contributed by atoms with Gasteiger partial charge in [0.05, 0.1) is 19.3 Å². The van der Waals surface area contributed by atoms with Crippen LogP contribution in [0.3, 0.4) is 0 Å². The Balaban J connectivity index is 1.76. The number of alkyl carbamates (subject to hydrolysis) is 1.